The predicted octanol–water partition coefficient (Wildman–Crippen LogP) is 1.38. The summed E-state index contributed by atoms with van der Waals surface area (Å²) in [5, 5.41) is 0. The Kier molecular flexibility index (Phi) is 5.09. The Hall–Kier alpha value is -1.18. The third-order valence-electron chi connectivity index (χ3n) is 3.77. The molecule has 0 aliphatic carbocycles. The van der Waals surface area contributed by atoms with Crippen LogP contribution < -0.4 is 0 Å². The second-order valence-electron chi connectivity index (χ2n) is 6.25. The lowest BCUT2D eigenvalue weighted by Gasteiger charge is -2.28. The maximum absolute atomic E-state index is 11.4. The Morgan fingerprint density at radius 1 is 1.18 bits per heavy atom. The highest BCUT2D eigenvalue weighted by atomic mass is 16.8. The van der Waals surface area contributed by atoms with Gasteiger partial charge in [-0.2, -0.15) is 0 Å². The number of hydrogen-bond acceptors (Lipinski definition) is 7. The smallest absolute Gasteiger partial charge is 0.303 e. The molecular formula is C15H24O7. The summed E-state index contributed by atoms with van der Waals surface area (Å²) in [6.07, 6.45) is -1.28. The first kappa shape index (κ1) is 17.2. The van der Waals surface area contributed by atoms with E-state index in [1.54, 1.807) is 13.8 Å². The van der Waals surface area contributed by atoms with Crippen molar-refractivity contribution in [3.05, 3.63) is 0 Å². The van der Waals surface area contributed by atoms with E-state index in [9.17, 15) is 9.59 Å². The highest BCUT2D eigenvalue weighted by Crippen LogP contribution is 2.41. The van der Waals surface area contributed by atoms with E-state index < -0.39 is 24.3 Å². The normalized spacial score (nSPS) is 34.0. The van der Waals surface area contributed by atoms with Crippen LogP contribution in [0.3, 0.4) is 0 Å². The molecule has 2 aliphatic rings. The first-order valence-electron chi connectivity index (χ1n) is 7.51. The highest BCUT2D eigenvalue weighted by molar-refractivity contribution is 5.66. The van der Waals surface area contributed by atoms with Crippen molar-refractivity contribution in [3.63, 3.8) is 0 Å². The molecule has 0 radical (unpaired) electrons. The van der Waals surface area contributed by atoms with Crippen molar-refractivity contribution >= 4 is 11.9 Å². The van der Waals surface area contributed by atoms with E-state index >= 15 is 0 Å². The zero-order chi connectivity index (χ0) is 16.5. The van der Waals surface area contributed by atoms with Crippen LogP contribution in [0.4, 0.5) is 0 Å². The molecule has 0 N–H and O–H groups in total. The van der Waals surface area contributed by atoms with E-state index in [1.165, 1.54) is 13.8 Å². The molecule has 5 atom stereocenters. The Balaban J connectivity index is 2.01. The molecule has 0 bridgehead atoms. The van der Waals surface area contributed by atoms with Crippen LogP contribution in [0, 0.1) is 5.92 Å². The fourth-order valence-corrected chi connectivity index (χ4v) is 2.84. The van der Waals surface area contributed by atoms with Crippen molar-refractivity contribution in [2.24, 2.45) is 5.92 Å². The summed E-state index contributed by atoms with van der Waals surface area (Å²) >= 11 is 0. The van der Waals surface area contributed by atoms with Crippen molar-refractivity contribution in [2.75, 3.05) is 6.61 Å². The van der Waals surface area contributed by atoms with E-state index in [-0.39, 0.29) is 24.0 Å². The zero-order valence-electron chi connectivity index (χ0n) is 13.7. The van der Waals surface area contributed by atoms with Crippen LogP contribution in [0.5, 0.6) is 0 Å². The lowest BCUT2D eigenvalue weighted by atomic mass is 9.95. The summed E-state index contributed by atoms with van der Waals surface area (Å²) in [6, 6.07) is 0. The summed E-state index contributed by atoms with van der Waals surface area (Å²) in [7, 11) is 0. The first-order valence-corrected chi connectivity index (χ1v) is 7.51. The van der Waals surface area contributed by atoms with Crippen molar-refractivity contribution < 1.29 is 33.3 Å². The van der Waals surface area contributed by atoms with Gasteiger partial charge in [0.1, 0.15) is 6.10 Å². The molecule has 22 heavy (non-hydrogen) atoms. The average molecular weight is 316 g/mol. The Morgan fingerprint density at radius 2 is 1.86 bits per heavy atom. The van der Waals surface area contributed by atoms with Gasteiger partial charge in [-0.05, 0) is 26.2 Å². The van der Waals surface area contributed by atoms with Crippen molar-refractivity contribution in [2.45, 2.75) is 71.4 Å². The molecule has 2 heterocycles. The summed E-state index contributed by atoms with van der Waals surface area (Å²) in [5.41, 5.74) is 0. The maximum Gasteiger partial charge on any atom is 0.303 e. The zero-order valence-corrected chi connectivity index (χ0v) is 13.7. The molecule has 126 valence electrons. The van der Waals surface area contributed by atoms with Gasteiger partial charge in [0.15, 0.2) is 24.3 Å². The fraction of sp³-hybridized carbons (Fsp3) is 0.867. The second kappa shape index (κ2) is 6.52. The largest absolute Gasteiger partial charge is 0.466 e. The van der Waals surface area contributed by atoms with E-state index in [1.807, 2.05) is 6.92 Å². The SMILES string of the molecule is CC(=O)OCC[C@H](C)[C@H]1O[C@@H]2OC(C)(C)O[C@@H]2[C@@H]1OC(C)=O. The molecule has 0 aromatic rings. The monoisotopic (exact) mass is 316 g/mol. The Labute approximate surface area is 130 Å². The summed E-state index contributed by atoms with van der Waals surface area (Å²) in [5.74, 6) is -1.45. The van der Waals surface area contributed by atoms with Crippen LogP contribution in [-0.4, -0.2) is 48.9 Å². The van der Waals surface area contributed by atoms with Gasteiger partial charge in [-0.25, -0.2) is 0 Å². The predicted molar refractivity (Wildman–Crippen MR) is 74.7 cm³/mol. The van der Waals surface area contributed by atoms with Gasteiger partial charge < -0.3 is 23.7 Å². The van der Waals surface area contributed by atoms with Crippen molar-refractivity contribution in [1.29, 1.82) is 0 Å². The number of rotatable bonds is 5. The maximum atomic E-state index is 11.4. The molecule has 0 aromatic heterocycles. The van der Waals surface area contributed by atoms with Crippen LogP contribution >= 0.6 is 0 Å². The van der Waals surface area contributed by atoms with E-state index in [4.69, 9.17) is 23.7 Å². The van der Waals surface area contributed by atoms with Crippen molar-refractivity contribution in [1.82, 2.24) is 0 Å². The molecule has 2 fully saturated rings. The van der Waals surface area contributed by atoms with E-state index in [0.717, 1.165) is 0 Å². The number of esters is 2. The fourth-order valence-electron chi connectivity index (χ4n) is 2.84. The summed E-state index contributed by atoms with van der Waals surface area (Å²) < 4.78 is 27.7. The molecule has 7 heteroatoms. The molecular weight excluding hydrogens is 292 g/mol. The average Bonchev–Trinajstić information content (AvgIpc) is 2.82. The number of carbonyl (C=O) groups is 2. The standard InChI is InChI=1S/C15H24O7/c1-8(6-7-18-9(2)16)11-12(19-10(3)17)13-14(20-11)22-15(4,5)21-13/h8,11-14H,6-7H2,1-5H3/t8-,11+,12+,13+,14+/m0/s1. The van der Waals surface area contributed by atoms with Gasteiger partial charge in [0, 0.05) is 13.8 Å². The number of ether oxygens (including phenoxy) is 5. The van der Waals surface area contributed by atoms with Gasteiger partial charge >= 0.3 is 11.9 Å². The molecule has 2 saturated heterocycles. The minimum absolute atomic E-state index is 0.0182. The van der Waals surface area contributed by atoms with Crippen LogP contribution in [0.1, 0.15) is 41.0 Å². The molecule has 0 unspecified atom stereocenters. The van der Waals surface area contributed by atoms with Crippen LogP contribution in [0.25, 0.3) is 0 Å². The Bertz CT molecular complexity index is 434. The molecule has 0 amide bonds. The minimum Gasteiger partial charge on any atom is -0.466 e. The van der Waals surface area contributed by atoms with Gasteiger partial charge in [-0.1, -0.05) is 6.92 Å². The molecule has 0 saturated carbocycles. The molecule has 0 aromatic carbocycles. The molecule has 2 rings (SSSR count). The van der Waals surface area contributed by atoms with Gasteiger partial charge in [-0.15, -0.1) is 0 Å². The second-order valence-corrected chi connectivity index (χ2v) is 6.25. The lowest BCUT2D eigenvalue weighted by Crippen LogP contribution is -2.41. The number of fused-ring (bicyclic) bond motifs is 1. The molecule has 2 aliphatic heterocycles. The van der Waals surface area contributed by atoms with E-state index in [2.05, 4.69) is 0 Å². The molecule has 0 spiro atoms. The summed E-state index contributed by atoms with van der Waals surface area (Å²) in [4.78, 5) is 22.2. The highest BCUT2D eigenvalue weighted by Gasteiger charge is 2.57. The van der Waals surface area contributed by atoms with Gasteiger partial charge in [0.05, 0.1) is 6.61 Å². The summed E-state index contributed by atoms with van der Waals surface area (Å²) in [6.45, 7) is 8.56. The van der Waals surface area contributed by atoms with Crippen LogP contribution in [-0.2, 0) is 33.3 Å². The third kappa shape index (κ3) is 3.97. The van der Waals surface area contributed by atoms with Crippen LogP contribution in [0.15, 0.2) is 0 Å². The third-order valence-corrected chi connectivity index (χ3v) is 3.77. The quantitative estimate of drug-likeness (QED) is 0.709. The van der Waals surface area contributed by atoms with Gasteiger partial charge in [0.2, 0.25) is 0 Å². The minimum atomic E-state index is -0.764. The van der Waals surface area contributed by atoms with Gasteiger partial charge in [-0.3, -0.25) is 9.59 Å². The van der Waals surface area contributed by atoms with Crippen LogP contribution in [0.2, 0.25) is 0 Å². The lowest BCUT2D eigenvalue weighted by molar-refractivity contribution is -0.224. The first-order chi connectivity index (χ1) is 10.2. The topological polar surface area (TPSA) is 80.3 Å². The van der Waals surface area contributed by atoms with Gasteiger partial charge in [0.25, 0.3) is 0 Å². The number of carbonyl (C=O) groups excluding carboxylic acids is 2. The van der Waals surface area contributed by atoms with E-state index in [0.29, 0.717) is 13.0 Å². The van der Waals surface area contributed by atoms with Crippen molar-refractivity contribution in [3.8, 4) is 0 Å². The Morgan fingerprint density at radius 3 is 2.45 bits per heavy atom. The number of hydrogen-bond donors (Lipinski definition) is 0. The molecule has 7 nitrogen and oxygen atoms in total.